The van der Waals surface area contributed by atoms with Crippen LogP contribution in [0, 0.1) is 0 Å². The molecule has 1 heterocycles. The van der Waals surface area contributed by atoms with E-state index in [1.54, 1.807) is 0 Å². The summed E-state index contributed by atoms with van der Waals surface area (Å²) in [6, 6.07) is 9.08. The van der Waals surface area contributed by atoms with Crippen LogP contribution in [0.2, 0.25) is 0 Å². The number of anilines is 1. The highest BCUT2D eigenvalue weighted by molar-refractivity contribution is 5.43. The summed E-state index contributed by atoms with van der Waals surface area (Å²) in [5.41, 5.74) is 9.11. The van der Waals surface area contributed by atoms with Gasteiger partial charge in [0.1, 0.15) is 0 Å². The fourth-order valence-electron chi connectivity index (χ4n) is 1.85. The molecular formula is C13H20N2O. The normalized spacial score (nSPS) is 17.3. The lowest BCUT2D eigenvalue weighted by molar-refractivity contribution is 0.0798. The number of nitrogens with one attached hydrogen (secondary N) is 2. The van der Waals surface area contributed by atoms with Gasteiger partial charge in [0, 0.05) is 24.9 Å². The van der Waals surface area contributed by atoms with Crippen molar-refractivity contribution in [1.29, 1.82) is 0 Å². The number of hydrazine groups is 1. The van der Waals surface area contributed by atoms with Crippen molar-refractivity contribution >= 4 is 5.69 Å². The van der Waals surface area contributed by atoms with Crippen molar-refractivity contribution in [2.24, 2.45) is 0 Å². The van der Waals surface area contributed by atoms with E-state index in [0.29, 0.717) is 6.04 Å². The first-order valence-electron chi connectivity index (χ1n) is 6.06. The zero-order valence-electron chi connectivity index (χ0n) is 9.83. The van der Waals surface area contributed by atoms with Crippen LogP contribution < -0.4 is 10.9 Å². The minimum absolute atomic E-state index is 0.527. The lowest BCUT2D eigenvalue weighted by atomic mass is 10.1. The van der Waals surface area contributed by atoms with Crippen LogP contribution in [0.1, 0.15) is 25.3 Å². The number of hydrogen-bond donors (Lipinski definition) is 2. The Labute approximate surface area is 97.2 Å². The van der Waals surface area contributed by atoms with Crippen LogP contribution >= 0.6 is 0 Å². The summed E-state index contributed by atoms with van der Waals surface area (Å²) in [5.74, 6) is 0. The SMILES string of the molecule is CCc1ccc(NNC2CCOCC2)cc1. The Morgan fingerprint density at radius 2 is 1.88 bits per heavy atom. The maximum absolute atomic E-state index is 5.31. The average Bonchev–Trinajstić information content (AvgIpc) is 2.38. The van der Waals surface area contributed by atoms with E-state index in [2.05, 4.69) is 42.0 Å². The highest BCUT2D eigenvalue weighted by Gasteiger charge is 2.12. The Bertz CT molecular complexity index is 304. The predicted molar refractivity (Wildman–Crippen MR) is 66.4 cm³/mol. The predicted octanol–water partition coefficient (Wildman–Crippen LogP) is 2.34. The summed E-state index contributed by atoms with van der Waals surface area (Å²) in [6.07, 6.45) is 3.26. The molecule has 2 rings (SSSR count). The second-order valence-corrected chi connectivity index (χ2v) is 4.21. The van der Waals surface area contributed by atoms with Crippen LogP contribution in [-0.2, 0) is 11.2 Å². The van der Waals surface area contributed by atoms with Crippen molar-refractivity contribution in [2.75, 3.05) is 18.6 Å². The lowest BCUT2D eigenvalue weighted by Crippen LogP contribution is -2.38. The lowest BCUT2D eigenvalue weighted by Gasteiger charge is -2.23. The molecule has 88 valence electrons. The highest BCUT2D eigenvalue weighted by atomic mass is 16.5. The number of rotatable bonds is 4. The molecule has 1 aliphatic heterocycles. The van der Waals surface area contributed by atoms with Crippen molar-refractivity contribution in [1.82, 2.24) is 5.43 Å². The summed E-state index contributed by atoms with van der Waals surface area (Å²) in [6.45, 7) is 3.91. The maximum atomic E-state index is 5.31. The van der Waals surface area contributed by atoms with Crippen LogP contribution in [0.4, 0.5) is 5.69 Å². The Morgan fingerprint density at radius 1 is 1.19 bits per heavy atom. The molecule has 0 saturated carbocycles. The molecule has 3 heteroatoms. The fourth-order valence-corrected chi connectivity index (χ4v) is 1.85. The quantitative estimate of drug-likeness (QED) is 0.764. The van der Waals surface area contributed by atoms with Crippen LogP contribution in [0.5, 0.6) is 0 Å². The zero-order valence-corrected chi connectivity index (χ0v) is 9.83. The van der Waals surface area contributed by atoms with Crippen molar-refractivity contribution in [3.63, 3.8) is 0 Å². The summed E-state index contributed by atoms with van der Waals surface area (Å²) in [4.78, 5) is 0. The van der Waals surface area contributed by atoms with Gasteiger partial charge >= 0.3 is 0 Å². The van der Waals surface area contributed by atoms with Crippen molar-refractivity contribution in [3.8, 4) is 0 Å². The Morgan fingerprint density at radius 3 is 2.50 bits per heavy atom. The van der Waals surface area contributed by atoms with E-state index in [-0.39, 0.29) is 0 Å². The minimum Gasteiger partial charge on any atom is -0.381 e. The van der Waals surface area contributed by atoms with E-state index in [1.807, 2.05) is 0 Å². The molecule has 0 bridgehead atoms. The molecule has 0 aliphatic carbocycles. The molecule has 0 aromatic heterocycles. The molecule has 1 aromatic carbocycles. The van der Waals surface area contributed by atoms with Crippen LogP contribution in [-0.4, -0.2) is 19.3 Å². The van der Waals surface area contributed by atoms with Crippen LogP contribution in [0.25, 0.3) is 0 Å². The van der Waals surface area contributed by atoms with E-state index in [1.165, 1.54) is 5.56 Å². The third kappa shape index (κ3) is 3.22. The molecule has 1 aliphatic rings. The topological polar surface area (TPSA) is 33.3 Å². The van der Waals surface area contributed by atoms with Crippen molar-refractivity contribution in [2.45, 2.75) is 32.2 Å². The van der Waals surface area contributed by atoms with Gasteiger partial charge in [-0.05, 0) is 37.0 Å². The van der Waals surface area contributed by atoms with Crippen molar-refractivity contribution in [3.05, 3.63) is 29.8 Å². The Kier molecular flexibility index (Phi) is 4.19. The second kappa shape index (κ2) is 5.87. The van der Waals surface area contributed by atoms with Gasteiger partial charge in [0.15, 0.2) is 0 Å². The minimum atomic E-state index is 0.527. The zero-order chi connectivity index (χ0) is 11.2. The third-order valence-electron chi connectivity index (χ3n) is 3.00. The number of hydrogen-bond acceptors (Lipinski definition) is 3. The van der Waals surface area contributed by atoms with Gasteiger partial charge in [-0.2, -0.15) is 0 Å². The first-order valence-corrected chi connectivity index (χ1v) is 6.06. The second-order valence-electron chi connectivity index (χ2n) is 4.21. The molecule has 0 radical (unpaired) electrons. The van der Waals surface area contributed by atoms with Gasteiger partial charge < -0.3 is 10.2 Å². The van der Waals surface area contributed by atoms with E-state index in [9.17, 15) is 0 Å². The fraction of sp³-hybridized carbons (Fsp3) is 0.538. The smallest absolute Gasteiger partial charge is 0.0487 e. The van der Waals surface area contributed by atoms with Crippen LogP contribution in [0.3, 0.4) is 0 Å². The Balaban J connectivity index is 1.79. The van der Waals surface area contributed by atoms with Gasteiger partial charge in [0.25, 0.3) is 0 Å². The van der Waals surface area contributed by atoms with Gasteiger partial charge in [-0.15, -0.1) is 0 Å². The van der Waals surface area contributed by atoms with E-state index < -0.39 is 0 Å². The summed E-state index contributed by atoms with van der Waals surface area (Å²) >= 11 is 0. The van der Waals surface area contributed by atoms with E-state index in [4.69, 9.17) is 4.74 Å². The average molecular weight is 220 g/mol. The molecule has 0 spiro atoms. The standard InChI is InChI=1S/C13H20N2O/c1-2-11-3-5-12(6-4-11)14-15-13-7-9-16-10-8-13/h3-6,13-15H,2,7-10H2,1H3. The molecule has 0 atom stereocenters. The summed E-state index contributed by atoms with van der Waals surface area (Å²) in [7, 11) is 0. The number of aryl methyl sites for hydroxylation is 1. The van der Waals surface area contributed by atoms with Gasteiger partial charge in [-0.3, -0.25) is 0 Å². The monoisotopic (exact) mass is 220 g/mol. The number of ether oxygens (including phenoxy) is 1. The summed E-state index contributed by atoms with van der Waals surface area (Å²) < 4.78 is 5.31. The molecular weight excluding hydrogens is 200 g/mol. The molecule has 1 fully saturated rings. The van der Waals surface area contributed by atoms with Gasteiger partial charge in [0.05, 0.1) is 0 Å². The molecule has 0 unspecified atom stereocenters. The van der Waals surface area contributed by atoms with Crippen molar-refractivity contribution < 1.29 is 4.74 Å². The Hall–Kier alpha value is -1.06. The van der Waals surface area contributed by atoms with Gasteiger partial charge in [-0.1, -0.05) is 19.1 Å². The first-order chi connectivity index (χ1) is 7.88. The highest BCUT2D eigenvalue weighted by Crippen LogP contribution is 2.10. The number of benzene rings is 1. The maximum Gasteiger partial charge on any atom is 0.0487 e. The van der Waals surface area contributed by atoms with Gasteiger partial charge in [-0.25, -0.2) is 5.43 Å². The molecule has 1 saturated heterocycles. The molecule has 3 nitrogen and oxygen atoms in total. The van der Waals surface area contributed by atoms with Gasteiger partial charge in [0.2, 0.25) is 0 Å². The molecule has 2 N–H and O–H groups in total. The van der Waals surface area contributed by atoms with Crippen LogP contribution in [0.15, 0.2) is 24.3 Å². The largest absolute Gasteiger partial charge is 0.381 e. The molecule has 0 amide bonds. The first kappa shape index (κ1) is 11.4. The van der Waals surface area contributed by atoms with E-state index >= 15 is 0 Å². The molecule has 16 heavy (non-hydrogen) atoms. The third-order valence-corrected chi connectivity index (χ3v) is 3.00. The summed E-state index contributed by atoms with van der Waals surface area (Å²) in [5, 5.41) is 0. The molecule has 1 aromatic rings. The van der Waals surface area contributed by atoms with E-state index in [0.717, 1.165) is 38.2 Å².